The summed E-state index contributed by atoms with van der Waals surface area (Å²) in [6.45, 7) is 6.65. The number of fused-ring (bicyclic) bond motifs is 1. The van der Waals surface area contributed by atoms with Crippen LogP contribution < -0.4 is 10.6 Å². The first kappa shape index (κ1) is 16.0. The molecule has 1 atom stereocenters. The molecular formula is C15H23ClN2O. The maximum atomic E-state index is 11.8. The van der Waals surface area contributed by atoms with Crippen LogP contribution in [0.1, 0.15) is 43.4 Å². The van der Waals surface area contributed by atoms with E-state index < -0.39 is 0 Å². The molecule has 0 spiro atoms. The highest BCUT2D eigenvalue weighted by molar-refractivity contribution is 5.85. The number of amides is 1. The summed E-state index contributed by atoms with van der Waals surface area (Å²) in [6.07, 6.45) is 2.01. The molecule has 0 radical (unpaired) electrons. The van der Waals surface area contributed by atoms with E-state index in [1.807, 2.05) is 6.92 Å². The molecule has 1 aliphatic heterocycles. The van der Waals surface area contributed by atoms with Gasteiger partial charge in [0.1, 0.15) is 0 Å². The molecule has 0 fully saturated rings. The minimum absolute atomic E-state index is 0. The topological polar surface area (TPSA) is 41.1 Å². The molecule has 1 aromatic carbocycles. The van der Waals surface area contributed by atoms with Crippen molar-refractivity contribution in [2.75, 3.05) is 0 Å². The number of halogens is 1. The van der Waals surface area contributed by atoms with Crippen LogP contribution in [0.4, 0.5) is 0 Å². The molecule has 1 unspecified atom stereocenters. The third kappa shape index (κ3) is 4.22. The molecular weight excluding hydrogens is 260 g/mol. The van der Waals surface area contributed by atoms with Crippen molar-refractivity contribution in [3.63, 3.8) is 0 Å². The third-order valence-corrected chi connectivity index (χ3v) is 3.54. The van der Waals surface area contributed by atoms with E-state index in [0.29, 0.717) is 6.54 Å². The minimum Gasteiger partial charge on any atom is -0.352 e. The van der Waals surface area contributed by atoms with Crippen LogP contribution in [0, 0.1) is 5.92 Å². The first-order chi connectivity index (χ1) is 8.70. The molecule has 3 nitrogen and oxygen atoms in total. The van der Waals surface area contributed by atoms with Gasteiger partial charge in [0.05, 0.1) is 0 Å². The van der Waals surface area contributed by atoms with Gasteiger partial charge in [-0.15, -0.1) is 12.4 Å². The molecule has 19 heavy (non-hydrogen) atoms. The molecule has 0 aliphatic carbocycles. The van der Waals surface area contributed by atoms with Crippen LogP contribution in [0.15, 0.2) is 18.2 Å². The second-order valence-electron chi connectivity index (χ2n) is 5.11. The molecule has 2 rings (SSSR count). The van der Waals surface area contributed by atoms with Crippen LogP contribution in [-0.4, -0.2) is 5.91 Å². The highest BCUT2D eigenvalue weighted by Gasteiger charge is 2.13. The predicted octanol–water partition coefficient (Wildman–Crippen LogP) is 2.76. The molecule has 4 heteroatoms. The second kappa shape index (κ2) is 7.51. The van der Waals surface area contributed by atoms with Crippen molar-refractivity contribution in [2.24, 2.45) is 5.92 Å². The number of rotatable bonds is 5. The smallest absolute Gasteiger partial charge is 0.223 e. The van der Waals surface area contributed by atoms with E-state index in [9.17, 15) is 4.79 Å². The summed E-state index contributed by atoms with van der Waals surface area (Å²) in [4.78, 5) is 11.8. The van der Waals surface area contributed by atoms with Gasteiger partial charge in [-0.1, -0.05) is 38.5 Å². The number of hydrogen-bond donors (Lipinski definition) is 2. The van der Waals surface area contributed by atoms with Crippen molar-refractivity contribution >= 4 is 18.3 Å². The molecule has 0 bridgehead atoms. The van der Waals surface area contributed by atoms with E-state index in [0.717, 1.165) is 25.9 Å². The van der Waals surface area contributed by atoms with Crippen molar-refractivity contribution in [3.8, 4) is 0 Å². The number of carbonyl (C=O) groups excluding carboxylic acids is 1. The molecule has 0 aromatic heterocycles. The Labute approximate surface area is 121 Å². The van der Waals surface area contributed by atoms with E-state index in [1.165, 1.54) is 16.7 Å². The molecule has 2 N–H and O–H groups in total. The number of nitrogens with one attached hydrogen (secondary N) is 2. The van der Waals surface area contributed by atoms with Gasteiger partial charge in [-0.3, -0.25) is 4.79 Å². The molecule has 106 valence electrons. The first-order valence-electron chi connectivity index (χ1n) is 6.79. The number of benzene rings is 1. The summed E-state index contributed by atoms with van der Waals surface area (Å²) >= 11 is 0. The van der Waals surface area contributed by atoms with Crippen molar-refractivity contribution in [3.05, 3.63) is 34.9 Å². The summed E-state index contributed by atoms with van der Waals surface area (Å²) in [5, 5.41) is 6.34. The van der Waals surface area contributed by atoms with Crippen molar-refractivity contribution in [2.45, 2.75) is 46.3 Å². The monoisotopic (exact) mass is 282 g/mol. The number of hydrogen-bond acceptors (Lipinski definition) is 2. The molecule has 1 aromatic rings. The SMILES string of the molecule is CCCC(C)C(=O)NCc1ccc2c(c1)CNC2.Cl. The Kier molecular flexibility index (Phi) is 6.32. The summed E-state index contributed by atoms with van der Waals surface area (Å²) in [5.41, 5.74) is 3.93. The summed E-state index contributed by atoms with van der Waals surface area (Å²) < 4.78 is 0. The molecule has 1 heterocycles. The standard InChI is InChI=1S/C15H22N2O.ClH/c1-3-4-11(2)15(18)17-8-12-5-6-13-9-16-10-14(13)7-12;/h5-7,11,16H,3-4,8-10H2,1-2H3,(H,17,18);1H. The summed E-state index contributed by atoms with van der Waals surface area (Å²) in [7, 11) is 0. The lowest BCUT2D eigenvalue weighted by Gasteiger charge is -2.11. The van der Waals surface area contributed by atoms with Crippen LogP contribution in [0.25, 0.3) is 0 Å². The van der Waals surface area contributed by atoms with Crippen LogP contribution in [0.3, 0.4) is 0 Å². The second-order valence-corrected chi connectivity index (χ2v) is 5.11. The van der Waals surface area contributed by atoms with Crippen LogP contribution in [0.2, 0.25) is 0 Å². The van der Waals surface area contributed by atoms with Gasteiger partial charge in [0, 0.05) is 25.6 Å². The van der Waals surface area contributed by atoms with Crippen molar-refractivity contribution in [1.29, 1.82) is 0 Å². The van der Waals surface area contributed by atoms with E-state index in [1.54, 1.807) is 0 Å². The fourth-order valence-corrected chi connectivity index (χ4v) is 2.39. The van der Waals surface area contributed by atoms with E-state index in [4.69, 9.17) is 0 Å². The maximum absolute atomic E-state index is 11.8. The summed E-state index contributed by atoms with van der Waals surface area (Å²) in [5.74, 6) is 0.279. The first-order valence-corrected chi connectivity index (χ1v) is 6.79. The molecule has 0 saturated carbocycles. The maximum Gasteiger partial charge on any atom is 0.223 e. The molecule has 1 amide bonds. The predicted molar refractivity (Wildman–Crippen MR) is 80.2 cm³/mol. The zero-order valence-electron chi connectivity index (χ0n) is 11.7. The van der Waals surface area contributed by atoms with Gasteiger partial charge < -0.3 is 10.6 Å². The average Bonchev–Trinajstić information content (AvgIpc) is 2.83. The number of carbonyl (C=O) groups is 1. The Bertz CT molecular complexity index is 434. The summed E-state index contributed by atoms with van der Waals surface area (Å²) in [6, 6.07) is 6.46. The van der Waals surface area contributed by atoms with Crippen molar-refractivity contribution < 1.29 is 4.79 Å². The Morgan fingerprint density at radius 2 is 2.11 bits per heavy atom. The lowest BCUT2D eigenvalue weighted by Crippen LogP contribution is -2.28. The Morgan fingerprint density at radius 1 is 1.37 bits per heavy atom. The normalized spacial score (nSPS) is 14.4. The van der Waals surface area contributed by atoms with Gasteiger partial charge in [-0.2, -0.15) is 0 Å². The zero-order chi connectivity index (χ0) is 13.0. The van der Waals surface area contributed by atoms with Crippen LogP contribution in [-0.2, 0) is 24.4 Å². The van der Waals surface area contributed by atoms with E-state index >= 15 is 0 Å². The quantitative estimate of drug-likeness (QED) is 0.872. The Morgan fingerprint density at radius 3 is 2.84 bits per heavy atom. The Balaban J connectivity index is 0.00000180. The highest BCUT2D eigenvalue weighted by Crippen LogP contribution is 2.17. The van der Waals surface area contributed by atoms with E-state index in [-0.39, 0.29) is 24.2 Å². The highest BCUT2D eigenvalue weighted by atomic mass is 35.5. The minimum atomic E-state index is 0. The van der Waals surface area contributed by atoms with Crippen molar-refractivity contribution in [1.82, 2.24) is 10.6 Å². The average molecular weight is 283 g/mol. The molecule has 0 saturated heterocycles. The van der Waals surface area contributed by atoms with Gasteiger partial charge >= 0.3 is 0 Å². The van der Waals surface area contributed by atoms with Gasteiger partial charge in [-0.05, 0) is 23.1 Å². The zero-order valence-corrected chi connectivity index (χ0v) is 12.5. The Hall–Kier alpha value is -1.06. The lowest BCUT2D eigenvalue weighted by atomic mass is 10.0. The molecule has 1 aliphatic rings. The van der Waals surface area contributed by atoms with Gasteiger partial charge in [-0.25, -0.2) is 0 Å². The van der Waals surface area contributed by atoms with Gasteiger partial charge in [0.25, 0.3) is 0 Å². The van der Waals surface area contributed by atoms with Crippen LogP contribution in [0.5, 0.6) is 0 Å². The fraction of sp³-hybridized carbons (Fsp3) is 0.533. The van der Waals surface area contributed by atoms with Gasteiger partial charge in [0.15, 0.2) is 0 Å². The van der Waals surface area contributed by atoms with E-state index in [2.05, 4.69) is 35.8 Å². The van der Waals surface area contributed by atoms with Crippen LogP contribution >= 0.6 is 12.4 Å². The third-order valence-electron chi connectivity index (χ3n) is 3.54. The van der Waals surface area contributed by atoms with Gasteiger partial charge in [0.2, 0.25) is 5.91 Å². The largest absolute Gasteiger partial charge is 0.352 e. The lowest BCUT2D eigenvalue weighted by molar-refractivity contribution is -0.124. The fourth-order valence-electron chi connectivity index (χ4n) is 2.39.